The average Bonchev–Trinajstić information content (AvgIpc) is 3.22. The molecule has 0 spiro atoms. The van der Waals surface area contributed by atoms with E-state index in [1.165, 1.54) is 64.5 Å². The van der Waals surface area contributed by atoms with Gasteiger partial charge in [0.25, 0.3) is 5.91 Å². The largest absolute Gasteiger partial charge is 0.351 e. The van der Waals surface area contributed by atoms with Crippen LogP contribution in [-0.2, 0) is 0 Å². The Morgan fingerprint density at radius 3 is 2.45 bits per heavy atom. The summed E-state index contributed by atoms with van der Waals surface area (Å²) in [5.41, 5.74) is 2.06. The van der Waals surface area contributed by atoms with Crippen molar-refractivity contribution in [1.82, 2.24) is 14.8 Å². The summed E-state index contributed by atoms with van der Waals surface area (Å²) in [6.45, 7) is 11.0. The van der Waals surface area contributed by atoms with Gasteiger partial charge in [-0.3, -0.25) is 9.69 Å². The number of amides is 1. The van der Waals surface area contributed by atoms with Crippen LogP contribution in [0.2, 0.25) is 0 Å². The molecule has 1 saturated heterocycles. The lowest BCUT2D eigenvalue weighted by molar-refractivity contribution is 0.0407. The fourth-order valence-electron chi connectivity index (χ4n) is 5.97. The van der Waals surface area contributed by atoms with Crippen molar-refractivity contribution < 1.29 is 4.79 Å². The second-order valence-corrected chi connectivity index (χ2v) is 10.6. The summed E-state index contributed by atoms with van der Waals surface area (Å²) in [6, 6.07) is 10.1. The van der Waals surface area contributed by atoms with E-state index in [-0.39, 0.29) is 5.91 Å². The van der Waals surface area contributed by atoms with Crippen LogP contribution in [0, 0.1) is 11.8 Å². The van der Waals surface area contributed by atoms with Crippen LogP contribution in [-0.4, -0.2) is 52.4 Å². The van der Waals surface area contributed by atoms with E-state index in [0.29, 0.717) is 17.2 Å². The van der Waals surface area contributed by atoms with E-state index < -0.39 is 0 Å². The predicted molar refractivity (Wildman–Crippen MR) is 129 cm³/mol. The zero-order valence-electron chi connectivity index (χ0n) is 19.8. The van der Waals surface area contributed by atoms with Crippen LogP contribution in [0.4, 0.5) is 0 Å². The van der Waals surface area contributed by atoms with Gasteiger partial charge < -0.3 is 9.88 Å². The van der Waals surface area contributed by atoms with Crippen molar-refractivity contribution in [1.29, 1.82) is 0 Å². The molecule has 2 heterocycles. The third-order valence-corrected chi connectivity index (χ3v) is 7.89. The Bertz CT molecular complexity index is 823. The molecule has 1 aliphatic heterocycles. The van der Waals surface area contributed by atoms with Crippen molar-refractivity contribution >= 4 is 16.8 Å². The highest BCUT2D eigenvalue weighted by Gasteiger charge is 2.34. The quantitative estimate of drug-likeness (QED) is 0.585. The number of likely N-dealkylation sites (tertiary alicyclic amines) is 1. The maximum atomic E-state index is 13.1. The summed E-state index contributed by atoms with van der Waals surface area (Å²) in [5, 5.41) is 1.11. The maximum absolute atomic E-state index is 13.1. The Morgan fingerprint density at radius 1 is 1.06 bits per heavy atom. The van der Waals surface area contributed by atoms with Crippen LogP contribution in [0.15, 0.2) is 30.3 Å². The molecule has 31 heavy (non-hydrogen) atoms. The molecule has 1 saturated carbocycles. The average molecular weight is 424 g/mol. The maximum Gasteiger partial charge on any atom is 0.270 e. The number of piperidine rings is 1. The zero-order valence-corrected chi connectivity index (χ0v) is 19.8. The number of nitrogens with one attached hydrogen (secondary N) is 1. The Kier molecular flexibility index (Phi) is 7.05. The van der Waals surface area contributed by atoms with Crippen molar-refractivity contribution in [3.63, 3.8) is 0 Å². The standard InChI is InChI=1S/C27H41N3O/c1-4-29(26(31)25-18-23-12-8-9-13-24(23)28-25)20-22-14-16-30(17-15-22)27(2,3)19-21-10-6-5-7-11-21/h8-9,12-13,18,21-22,28H,4-7,10-11,14-17,19-20H2,1-3H3. The molecule has 4 rings (SSSR count). The number of carbonyl (C=O) groups excluding carboxylic acids is 1. The molecule has 2 aliphatic rings. The molecule has 2 aromatic rings. The molecule has 2 fully saturated rings. The van der Waals surface area contributed by atoms with Gasteiger partial charge in [-0.1, -0.05) is 50.3 Å². The number of para-hydroxylation sites is 1. The molecule has 0 atom stereocenters. The SMILES string of the molecule is CCN(CC1CCN(C(C)(C)CC2CCCCC2)CC1)C(=O)c1cc2ccccc2[nH]1. The van der Waals surface area contributed by atoms with Gasteiger partial charge in [0, 0.05) is 29.5 Å². The summed E-state index contributed by atoms with van der Waals surface area (Å²) in [6.07, 6.45) is 10.9. The molecular weight excluding hydrogens is 382 g/mol. The van der Waals surface area contributed by atoms with Gasteiger partial charge in [-0.15, -0.1) is 0 Å². The minimum absolute atomic E-state index is 0.138. The monoisotopic (exact) mass is 423 g/mol. The minimum atomic E-state index is 0.138. The van der Waals surface area contributed by atoms with Crippen molar-refractivity contribution in [2.45, 2.75) is 77.7 Å². The summed E-state index contributed by atoms with van der Waals surface area (Å²) in [4.78, 5) is 21.2. The predicted octanol–water partition coefficient (Wildman–Crippen LogP) is 6.09. The number of aromatic nitrogens is 1. The summed E-state index contributed by atoms with van der Waals surface area (Å²) in [5.74, 6) is 1.67. The highest BCUT2D eigenvalue weighted by molar-refractivity contribution is 5.98. The number of aromatic amines is 1. The van der Waals surface area contributed by atoms with Crippen LogP contribution in [0.5, 0.6) is 0 Å². The van der Waals surface area contributed by atoms with Gasteiger partial charge in [0.1, 0.15) is 5.69 Å². The number of H-pyrrole nitrogens is 1. The lowest BCUT2D eigenvalue weighted by Crippen LogP contribution is -2.50. The van der Waals surface area contributed by atoms with Crippen molar-refractivity contribution in [2.24, 2.45) is 11.8 Å². The Labute approximate surface area is 188 Å². The Balaban J connectivity index is 1.31. The number of benzene rings is 1. The molecule has 1 aromatic carbocycles. The summed E-state index contributed by atoms with van der Waals surface area (Å²) in [7, 11) is 0. The van der Waals surface area contributed by atoms with Crippen LogP contribution in [0.1, 0.15) is 82.6 Å². The lowest BCUT2D eigenvalue weighted by atomic mass is 9.79. The first kappa shape index (κ1) is 22.4. The minimum Gasteiger partial charge on any atom is -0.351 e. The van der Waals surface area contributed by atoms with Crippen LogP contribution < -0.4 is 0 Å². The number of nitrogens with zero attached hydrogens (tertiary/aromatic N) is 2. The fourth-order valence-corrected chi connectivity index (χ4v) is 5.97. The van der Waals surface area contributed by atoms with Gasteiger partial charge in [0.15, 0.2) is 0 Å². The molecule has 0 bridgehead atoms. The third kappa shape index (κ3) is 5.34. The lowest BCUT2D eigenvalue weighted by Gasteiger charge is -2.45. The zero-order chi connectivity index (χ0) is 21.8. The number of hydrogen-bond acceptors (Lipinski definition) is 2. The van der Waals surface area contributed by atoms with Gasteiger partial charge in [0.2, 0.25) is 0 Å². The number of carbonyl (C=O) groups is 1. The molecule has 1 aromatic heterocycles. The molecule has 4 nitrogen and oxygen atoms in total. The van der Waals surface area contributed by atoms with E-state index in [4.69, 9.17) is 0 Å². The number of hydrogen-bond donors (Lipinski definition) is 1. The van der Waals surface area contributed by atoms with E-state index in [2.05, 4.69) is 36.7 Å². The highest BCUT2D eigenvalue weighted by atomic mass is 16.2. The van der Waals surface area contributed by atoms with Gasteiger partial charge >= 0.3 is 0 Å². The molecule has 1 N–H and O–H groups in total. The first-order valence-corrected chi connectivity index (χ1v) is 12.6. The van der Waals surface area contributed by atoms with Crippen LogP contribution >= 0.6 is 0 Å². The molecule has 1 amide bonds. The second kappa shape index (κ2) is 9.77. The van der Waals surface area contributed by atoms with Gasteiger partial charge in [0.05, 0.1) is 0 Å². The summed E-state index contributed by atoms with van der Waals surface area (Å²) < 4.78 is 0. The van der Waals surface area contributed by atoms with Gasteiger partial charge in [-0.25, -0.2) is 0 Å². The smallest absolute Gasteiger partial charge is 0.270 e. The van der Waals surface area contributed by atoms with E-state index in [1.807, 2.05) is 29.2 Å². The summed E-state index contributed by atoms with van der Waals surface area (Å²) >= 11 is 0. The van der Waals surface area contributed by atoms with Gasteiger partial charge in [-0.05, 0) is 77.1 Å². The molecule has 1 aliphatic carbocycles. The fraction of sp³-hybridized carbons (Fsp3) is 0.667. The molecule has 170 valence electrons. The van der Waals surface area contributed by atoms with E-state index in [0.717, 1.165) is 29.9 Å². The Morgan fingerprint density at radius 2 is 1.77 bits per heavy atom. The molecule has 0 radical (unpaired) electrons. The third-order valence-electron chi connectivity index (χ3n) is 7.89. The van der Waals surface area contributed by atoms with E-state index in [9.17, 15) is 4.79 Å². The second-order valence-electron chi connectivity index (χ2n) is 10.6. The molecule has 4 heteroatoms. The first-order valence-electron chi connectivity index (χ1n) is 12.6. The van der Waals surface area contributed by atoms with Crippen LogP contribution in [0.25, 0.3) is 10.9 Å². The van der Waals surface area contributed by atoms with E-state index in [1.54, 1.807) is 0 Å². The topological polar surface area (TPSA) is 39.3 Å². The number of rotatable bonds is 7. The van der Waals surface area contributed by atoms with Crippen molar-refractivity contribution in [3.8, 4) is 0 Å². The molecule has 0 unspecified atom stereocenters. The molecular formula is C27H41N3O. The van der Waals surface area contributed by atoms with Gasteiger partial charge in [-0.2, -0.15) is 0 Å². The van der Waals surface area contributed by atoms with E-state index >= 15 is 0 Å². The Hall–Kier alpha value is -1.81. The van der Waals surface area contributed by atoms with Crippen molar-refractivity contribution in [3.05, 3.63) is 36.0 Å². The highest BCUT2D eigenvalue weighted by Crippen LogP contribution is 2.35. The van der Waals surface area contributed by atoms with Crippen molar-refractivity contribution in [2.75, 3.05) is 26.2 Å². The first-order chi connectivity index (χ1) is 15.0. The van der Waals surface area contributed by atoms with Crippen LogP contribution in [0.3, 0.4) is 0 Å². The normalized spacial score (nSPS) is 19.7. The number of fused-ring (bicyclic) bond motifs is 1.